The fourth-order valence-corrected chi connectivity index (χ4v) is 2.84. The van der Waals surface area contributed by atoms with Crippen LogP contribution in [-0.4, -0.2) is 49.0 Å². The van der Waals surface area contributed by atoms with Crippen LogP contribution in [0.3, 0.4) is 0 Å². The zero-order chi connectivity index (χ0) is 27.4. The largest absolute Gasteiger partial charge is 0.462 e. The molecular weight excluding hydrogens is 480 g/mol. The van der Waals surface area contributed by atoms with Crippen LogP contribution in [0.4, 0.5) is 11.4 Å². The molecule has 0 saturated carbocycles. The number of benzene rings is 2. The van der Waals surface area contributed by atoms with Crippen molar-refractivity contribution in [1.82, 2.24) is 0 Å². The number of hydrogen-bond acceptors (Lipinski definition) is 8. The van der Waals surface area contributed by atoms with Crippen molar-refractivity contribution in [3.63, 3.8) is 0 Å². The average molecular weight is 513 g/mol. The average Bonchev–Trinajstić information content (AvgIpc) is 2.85. The van der Waals surface area contributed by atoms with Gasteiger partial charge in [-0.15, -0.1) is 0 Å². The van der Waals surface area contributed by atoms with Gasteiger partial charge in [0.25, 0.3) is 5.91 Å². The maximum absolute atomic E-state index is 12.1. The standard InChI is InChI=1S/C27H32N2O8/c1-17(2)15-36-26(33)19-5-9-22(10-6-19)29-24(31)16-35-25(32)14-13-23(30)28-21-11-7-20(8-12-21)27(34)37-18(3)4/h5-12,17-18H,13-16H2,1-4H3,(H,28,30)(H,29,31). The molecule has 2 N–H and O–H groups in total. The van der Waals surface area contributed by atoms with Gasteiger partial charge in [0.15, 0.2) is 6.61 Å². The normalized spacial score (nSPS) is 10.5. The molecule has 2 amide bonds. The first kappa shape index (κ1) is 29.0. The summed E-state index contributed by atoms with van der Waals surface area (Å²) in [6, 6.07) is 12.3. The molecule has 0 radical (unpaired) electrons. The fraction of sp³-hybridized carbons (Fsp3) is 0.370. The predicted octanol–water partition coefficient (Wildman–Crippen LogP) is 3.97. The first-order valence-corrected chi connectivity index (χ1v) is 11.9. The highest BCUT2D eigenvalue weighted by Gasteiger charge is 2.13. The van der Waals surface area contributed by atoms with E-state index in [1.807, 2.05) is 13.8 Å². The number of hydrogen-bond donors (Lipinski definition) is 2. The summed E-state index contributed by atoms with van der Waals surface area (Å²) >= 11 is 0. The molecule has 0 heterocycles. The Morgan fingerprint density at radius 2 is 1.19 bits per heavy atom. The van der Waals surface area contributed by atoms with E-state index in [0.717, 1.165) is 0 Å². The Morgan fingerprint density at radius 3 is 1.70 bits per heavy atom. The molecule has 0 aliphatic heterocycles. The van der Waals surface area contributed by atoms with E-state index in [1.165, 1.54) is 36.4 Å². The van der Waals surface area contributed by atoms with E-state index in [0.29, 0.717) is 29.1 Å². The minimum absolute atomic E-state index is 0.147. The second kappa shape index (κ2) is 14.4. The summed E-state index contributed by atoms with van der Waals surface area (Å²) in [5.41, 5.74) is 1.59. The number of anilines is 2. The van der Waals surface area contributed by atoms with Gasteiger partial charge in [0.05, 0.1) is 30.3 Å². The van der Waals surface area contributed by atoms with Crippen molar-refractivity contribution in [3.05, 3.63) is 59.7 Å². The quantitative estimate of drug-likeness (QED) is 0.322. The molecule has 2 rings (SSSR count). The third kappa shape index (κ3) is 10.9. The number of carbonyl (C=O) groups is 5. The van der Waals surface area contributed by atoms with Crippen molar-refractivity contribution in [3.8, 4) is 0 Å². The number of esters is 3. The SMILES string of the molecule is CC(C)COC(=O)c1ccc(NC(=O)COC(=O)CCC(=O)Nc2ccc(C(=O)OC(C)C)cc2)cc1. The van der Waals surface area contributed by atoms with Crippen LogP contribution in [0.25, 0.3) is 0 Å². The first-order valence-electron chi connectivity index (χ1n) is 11.9. The van der Waals surface area contributed by atoms with Crippen molar-refractivity contribution in [1.29, 1.82) is 0 Å². The molecule has 0 aromatic heterocycles. The molecule has 198 valence electrons. The molecule has 0 aliphatic carbocycles. The molecule has 0 spiro atoms. The minimum Gasteiger partial charge on any atom is -0.462 e. The number of nitrogens with one attached hydrogen (secondary N) is 2. The van der Waals surface area contributed by atoms with Crippen LogP contribution >= 0.6 is 0 Å². The van der Waals surface area contributed by atoms with Gasteiger partial charge < -0.3 is 24.8 Å². The van der Waals surface area contributed by atoms with Gasteiger partial charge in [0, 0.05) is 17.8 Å². The summed E-state index contributed by atoms with van der Waals surface area (Å²) in [6.45, 7) is 7.16. The molecule has 0 fully saturated rings. The molecule has 10 heteroatoms. The third-order valence-electron chi connectivity index (χ3n) is 4.62. The Balaban J connectivity index is 1.69. The molecule has 0 saturated heterocycles. The van der Waals surface area contributed by atoms with Gasteiger partial charge in [0.2, 0.25) is 5.91 Å². The molecule has 37 heavy (non-hydrogen) atoms. The molecule has 0 aliphatic rings. The molecule has 10 nitrogen and oxygen atoms in total. The van der Waals surface area contributed by atoms with Crippen molar-refractivity contribution in [2.45, 2.75) is 46.6 Å². The Hall–Kier alpha value is -4.21. The van der Waals surface area contributed by atoms with E-state index in [2.05, 4.69) is 10.6 Å². The van der Waals surface area contributed by atoms with Gasteiger partial charge in [0.1, 0.15) is 0 Å². The van der Waals surface area contributed by atoms with Gasteiger partial charge in [-0.05, 0) is 68.3 Å². The summed E-state index contributed by atoms with van der Waals surface area (Å²) in [7, 11) is 0. The Labute approximate surface area is 215 Å². The molecule has 0 unspecified atom stereocenters. The van der Waals surface area contributed by atoms with Gasteiger partial charge in [-0.3, -0.25) is 14.4 Å². The Bertz CT molecular complexity index is 1090. The first-order chi connectivity index (χ1) is 17.5. The molecular formula is C27H32N2O8. The van der Waals surface area contributed by atoms with Crippen molar-refractivity contribution in [2.24, 2.45) is 5.92 Å². The van der Waals surface area contributed by atoms with E-state index in [9.17, 15) is 24.0 Å². The fourth-order valence-electron chi connectivity index (χ4n) is 2.84. The van der Waals surface area contributed by atoms with E-state index in [1.54, 1.807) is 26.0 Å². The highest BCUT2D eigenvalue weighted by molar-refractivity contribution is 5.96. The second-order valence-electron chi connectivity index (χ2n) is 8.86. The van der Waals surface area contributed by atoms with Crippen LogP contribution in [0.5, 0.6) is 0 Å². The van der Waals surface area contributed by atoms with Gasteiger partial charge in [-0.25, -0.2) is 9.59 Å². The van der Waals surface area contributed by atoms with E-state index < -0.39 is 36.3 Å². The van der Waals surface area contributed by atoms with E-state index in [-0.39, 0.29) is 24.9 Å². The van der Waals surface area contributed by atoms with Crippen LogP contribution in [-0.2, 0) is 28.6 Å². The van der Waals surface area contributed by atoms with Gasteiger partial charge in [-0.1, -0.05) is 13.8 Å². The Kier molecular flexibility index (Phi) is 11.3. The maximum atomic E-state index is 12.1. The van der Waals surface area contributed by atoms with Crippen LogP contribution in [0.1, 0.15) is 61.3 Å². The number of ether oxygens (including phenoxy) is 3. The maximum Gasteiger partial charge on any atom is 0.338 e. The van der Waals surface area contributed by atoms with Gasteiger partial charge in [-0.2, -0.15) is 0 Å². The smallest absolute Gasteiger partial charge is 0.338 e. The van der Waals surface area contributed by atoms with Crippen LogP contribution in [0.15, 0.2) is 48.5 Å². The lowest BCUT2D eigenvalue weighted by Gasteiger charge is -2.09. The third-order valence-corrected chi connectivity index (χ3v) is 4.62. The number of rotatable bonds is 12. The van der Waals surface area contributed by atoms with E-state index in [4.69, 9.17) is 14.2 Å². The summed E-state index contributed by atoms with van der Waals surface area (Å²) in [4.78, 5) is 59.8. The topological polar surface area (TPSA) is 137 Å². The van der Waals surface area contributed by atoms with Crippen LogP contribution in [0.2, 0.25) is 0 Å². The minimum atomic E-state index is -0.708. The summed E-state index contributed by atoms with van der Waals surface area (Å²) in [5.74, 6) is -2.39. The predicted molar refractivity (Wildman–Crippen MR) is 136 cm³/mol. The Morgan fingerprint density at radius 1 is 0.676 bits per heavy atom. The lowest BCUT2D eigenvalue weighted by Crippen LogP contribution is -2.22. The summed E-state index contributed by atoms with van der Waals surface area (Å²) in [6.07, 6.45) is -0.604. The van der Waals surface area contributed by atoms with Gasteiger partial charge >= 0.3 is 17.9 Å². The zero-order valence-corrected chi connectivity index (χ0v) is 21.4. The molecule has 0 bridgehead atoms. The second-order valence-corrected chi connectivity index (χ2v) is 8.86. The monoisotopic (exact) mass is 512 g/mol. The van der Waals surface area contributed by atoms with Crippen LogP contribution in [0, 0.1) is 5.92 Å². The van der Waals surface area contributed by atoms with Crippen molar-refractivity contribution < 1.29 is 38.2 Å². The lowest BCUT2D eigenvalue weighted by atomic mass is 10.2. The van der Waals surface area contributed by atoms with Crippen molar-refractivity contribution in [2.75, 3.05) is 23.8 Å². The van der Waals surface area contributed by atoms with Crippen LogP contribution < -0.4 is 10.6 Å². The molecule has 2 aromatic carbocycles. The zero-order valence-electron chi connectivity index (χ0n) is 21.4. The summed E-state index contributed by atoms with van der Waals surface area (Å²) < 4.78 is 15.2. The summed E-state index contributed by atoms with van der Waals surface area (Å²) in [5, 5.41) is 5.17. The highest BCUT2D eigenvalue weighted by Crippen LogP contribution is 2.13. The number of carbonyl (C=O) groups excluding carboxylic acids is 5. The number of amides is 2. The highest BCUT2D eigenvalue weighted by atomic mass is 16.5. The molecule has 2 aromatic rings. The lowest BCUT2D eigenvalue weighted by molar-refractivity contribution is -0.147. The van der Waals surface area contributed by atoms with E-state index >= 15 is 0 Å². The van der Waals surface area contributed by atoms with Crippen molar-refractivity contribution >= 4 is 41.1 Å². The molecule has 0 atom stereocenters.